The summed E-state index contributed by atoms with van der Waals surface area (Å²) in [4.78, 5) is 36.3. The first-order chi connectivity index (χ1) is 9.58. The summed E-state index contributed by atoms with van der Waals surface area (Å²) in [7, 11) is 0. The quantitative estimate of drug-likeness (QED) is 0.659. The molecule has 0 bridgehead atoms. The van der Waals surface area contributed by atoms with Crippen LogP contribution in [-0.2, 0) is 9.59 Å². The van der Waals surface area contributed by atoms with Crippen LogP contribution in [-0.4, -0.2) is 47.9 Å². The SMILES string of the molecule is NC(=O)C1CCCN1C(=O)CNC(=O)NC1CCCC1. The van der Waals surface area contributed by atoms with Gasteiger partial charge in [-0.05, 0) is 25.7 Å². The van der Waals surface area contributed by atoms with Crippen LogP contribution in [0.3, 0.4) is 0 Å². The highest BCUT2D eigenvalue weighted by atomic mass is 16.2. The molecule has 1 saturated carbocycles. The molecular weight excluding hydrogens is 260 g/mol. The van der Waals surface area contributed by atoms with E-state index in [1.54, 1.807) is 0 Å². The molecule has 7 heteroatoms. The second kappa shape index (κ2) is 6.58. The van der Waals surface area contributed by atoms with Crippen molar-refractivity contribution < 1.29 is 14.4 Å². The van der Waals surface area contributed by atoms with Gasteiger partial charge in [0.05, 0.1) is 6.54 Å². The Kier molecular flexibility index (Phi) is 4.81. The number of amides is 4. The second-order valence-electron chi connectivity index (χ2n) is 5.46. The summed E-state index contributed by atoms with van der Waals surface area (Å²) in [5.74, 6) is -0.737. The fourth-order valence-corrected chi connectivity index (χ4v) is 2.93. The first-order valence-corrected chi connectivity index (χ1v) is 7.21. The molecule has 0 aromatic carbocycles. The lowest BCUT2D eigenvalue weighted by Crippen LogP contribution is -2.49. The third-order valence-electron chi connectivity index (χ3n) is 3.99. The van der Waals surface area contributed by atoms with E-state index in [0.717, 1.165) is 32.1 Å². The summed E-state index contributed by atoms with van der Waals surface area (Å²) >= 11 is 0. The second-order valence-corrected chi connectivity index (χ2v) is 5.46. The number of nitrogens with zero attached hydrogens (tertiary/aromatic N) is 1. The van der Waals surface area contributed by atoms with E-state index in [1.165, 1.54) is 4.90 Å². The van der Waals surface area contributed by atoms with Crippen LogP contribution in [0.25, 0.3) is 0 Å². The van der Waals surface area contributed by atoms with Crippen molar-refractivity contribution in [2.45, 2.75) is 50.6 Å². The topological polar surface area (TPSA) is 105 Å². The number of hydrogen-bond acceptors (Lipinski definition) is 3. The fraction of sp³-hybridized carbons (Fsp3) is 0.769. The number of nitrogens with one attached hydrogen (secondary N) is 2. The van der Waals surface area contributed by atoms with Crippen LogP contribution in [0, 0.1) is 0 Å². The molecule has 4 amide bonds. The van der Waals surface area contributed by atoms with Gasteiger partial charge in [-0.15, -0.1) is 0 Å². The highest BCUT2D eigenvalue weighted by Crippen LogP contribution is 2.18. The van der Waals surface area contributed by atoms with Crippen molar-refractivity contribution in [2.24, 2.45) is 5.73 Å². The van der Waals surface area contributed by atoms with Crippen LogP contribution in [0.1, 0.15) is 38.5 Å². The summed E-state index contributed by atoms with van der Waals surface area (Å²) in [6, 6.07) is -0.627. The molecule has 112 valence electrons. The lowest BCUT2D eigenvalue weighted by atomic mass is 10.2. The maximum Gasteiger partial charge on any atom is 0.315 e. The molecule has 1 saturated heterocycles. The summed E-state index contributed by atoms with van der Waals surface area (Å²) in [5.41, 5.74) is 5.26. The van der Waals surface area contributed by atoms with Crippen molar-refractivity contribution in [1.29, 1.82) is 0 Å². The number of rotatable bonds is 4. The number of carbonyl (C=O) groups excluding carboxylic acids is 3. The van der Waals surface area contributed by atoms with Gasteiger partial charge in [0.1, 0.15) is 6.04 Å². The molecule has 0 radical (unpaired) electrons. The van der Waals surface area contributed by atoms with Gasteiger partial charge in [0, 0.05) is 12.6 Å². The van der Waals surface area contributed by atoms with E-state index in [9.17, 15) is 14.4 Å². The maximum atomic E-state index is 12.0. The molecule has 20 heavy (non-hydrogen) atoms. The van der Waals surface area contributed by atoms with Gasteiger partial charge in [0.25, 0.3) is 0 Å². The Morgan fingerprint density at radius 2 is 1.80 bits per heavy atom. The number of hydrogen-bond donors (Lipinski definition) is 3. The number of likely N-dealkylation sites (tertiary alicyclic amines) is 1. The standard InChI is InChI=1S/C13H22N4O3/c14-12(19)10-6-3-7-17(10)11(18)8-15-13(20)16-9-4-1-2-5-9/h9-10H,1-8H2,(H2,14,19)(H2,15,16,20). The molecule has 2 rings (SSSR count). The Bertz CT molecular complexity index is 393. The van der Waals surface area contributed by atoms with Crippen molar-refractivity contribution in [3.63, 3.8) is 0 Å². The molecule has 1 aliphatic carbocycles. The van der Waals surface area contributed by atoms with E-state index in [4.69, 9.17) is 5.73 Å². The molecule has 1 aliphatic heterocycles. The van der Waals surface area contributed by atoms with Crippen LogP contribution in [0.15, 0.2) is 0 Å². The molecule has 4 N–H and O–H groups in total. The Morgan fingerprint density at radius 1 is 1.10 bits per heavy atom. The zero-order valence-electron chi connectivity index (χ0n) is 11.6. The van der Waals surface area contributed by atoms with Crippen molar-refractivity contribution >= 4 is 17.8 Å². The number of primary amides is 1. The molecule has 1 heterocycles. The van der Waals surface area contributed by atoms with Gasteiger partial charge < -0.3 is 21.3 Å². The first-order valence-electron chi connectivity index (χ1n) is 7.21. The van der Waals surface area contributed by atoms with Crippen LogP contribution in [0.4, 0.5) is 4.79 Å². The maximum absolute atomic E-state index is 12.0. The highest BCUT2D eigenvalue weighted by Gasteiger charge is 2.32. The monoisotopic (exact) mass is 282 g/mol. The molecular formula is C13H22N4O3. The highest BCUT2D eigenvalue weighted by molar-refractivity contribution is 5.89. The summed E-state index contributed by atoms with van der Waals surface area (Å²) in [6.45, 7) is 0.431. The van der Waals surface area contributed by atoms with Crippen LogP contribution in [0.5, 0.6) is 0 Å². The third kappa shape index (κ3) is 3.61. The van der Waals surface area contributed by atoms with Gasteiger partial charge in [-0.3, -0.25) is 9.59 Å². The molecule has 1 unspecified atom stereocenters. The molecule has 1 atom stereocenters. The van der Waals surface area contributed by atoms with Gasteiger partial charge in [0.2, 0.25) is 11.8 Å². The lowest BCUT2D eigenvalue weighted by molar-refractivity contribution is -0.136. The Labute approximate surface area is 118 Å². The van der Waals surface area contributed by atoms with Crippen LogP contribution in [0.2, 0.25) is 0 Å². The average molecular weight is 282 g/mol. The number of nitrogens with two attached hydrogens (primary N) is 1. The normalized spacial score (nSPS) is 22.8. The van der Waals surface area contributed by atoms with Crippen molar-refractivity contribution in [2.75, 3.05) is 13.1 Å². The Balaban J connectivity index is 1.73. The molecule has 2 fully saturated rings. The van der Waals surface area contributed by atoms with Gasteiger partial charge in [-0.2, -0.15) is 0 Å². The van der Waals surface area contributed by atoms with E-state index < -0.39 is 11.9 Å². The molecule has 0 aromatic rings. The van der Waals surface area contributed by atoms with Gasteiger partial charge in [-0.25, -0.2) is 4.79 Å². The van der Waals surface area contributed by atoms with Crippen molar-refractivity contribution in [3.05, 3.63) is 0 Å². The minimum atomic E-state index is -0.526. The molecule has 0 aromatic heterocycles. The van der Waals surface area contributed by atoms with Gasteiger partial charge in [-0.1, -0.05) is 12.8 Å². The summed E-state index contributed by atoms with van der Waals surface area (Å²) in [5, 5.41) is 5.40. The zero-order valence-corrected chi connectivity index (χ0v) is 11.6. The summed E-state index contributed by atoms with van der Waals surface area (Å²) in [6.07, 6.45) is 5.65. The lowest BCUT2D eigenvalue weighted by Gasteiger charge is -2.22. The van der Waals surface area contributed by atoms with E-state index in [2.05, 4.69) is 10.6 Å². The van der Waals surface area contributed by atoms with Gasteiger partial charge >= 0.3 is 6.03 Å². The van der Waals surface area contributed by atoms with Crippen LogP contribution >= 0.6 is 0 Å². The predicted octanol–water partition coefficient (Wildman–Crippen LogP) is -0.295. The minimum absolute atomic E-state index is 0.0949. The summed E-state index contributed by atoms with van der Waals surface area (Å²) < 4.78 is 0. The van der Waals surface area contributed by atoms with E-state index in [0.29, 0.717) is 13.0 Å². The smallest absolute Gasteiger partial charge is 0.315 e. The minimum Gasteiger partial charge on any atom is -0.368 e. The van der Waals surface area contributed by atoms with Crippen molar-refractivity contribution in [1.82, 2.24) is 15.5 Å². The number of urea groups is 1. The third-order valence-corrected chi connectivity index (χ3v) is 3.99. The largest absolute Gasteiger partial charge is 0.368 e. The van der Waals surface area contributed by atoms with Crippen LogP contribution < -0.4 is 16.4 Å². The molecule has 0 spiro atoms. The van der Waals surface area contributed by atoms with Gasteiger partial charge in [0.15, 0.2) is 0 Å². The van der Waals surface area contributed by atoms with Crippen molar-refractivity contribution in [3.8, 4) is 0 Å². The Morgan fingerprint density at radius 3 is 2.45 bits per heavy atom. The number of carbonyl (C=O) groups is 3. The zero-order chi connectivity index (χ0) is 14.5. The molecule has 7 nitrogen and oxygen atoms in total. The van der Waals surface area contributed by atoms with E-state index in [-0.39, 0.29) is 24.5 Å². The first kappa shape index (κ1) is 14.6. The van der Waals surface area contributed by atoms with E-state index in [1.807, 2.05) is 0 Å². The predicted molar refractivity (Wildman–Crippen MR) is 72.7 cm³/mol. The molecule has 2 aliphatic rings. The fourth-order valence-electron chi connectivity index (χ4n) is 2.93. The van der Waals surface area contributed by atoms with E-state index >= 15 is 0 Å². The Hall–Kier alpha value is -1.79. The average Bonchev–Trinajstić information content (AvgIpc) is 3.06.